The Kier molecular flexibility index (Phi) is 4.30. The lowest BCUT2D eigenvalue weighted by molar-refractivity contribution is 0.102. The Bertz CT molecular complexity index is 579. The van der Waals surface area contributed by atoms with Crippen molar-refractivity contribution in [3.63, 3.8) is 0 Å². The van der Waals surface area contributed by atoms with E-state index in [0.717, 1.165) is 5.57 Å². The van der Waals surface area contributed by atoms with E-state index in [2.05, 4.69) is 16.9 Å². The number of rotatable bonds is 5. The zero-order chi connectivity index (χ0) is 13.7. The molecule has 0 bridgehead atoms. The van der Waals surface area contributed by atoms with Gasteiger partial charge >= 0.3 is 0 Å². The number of benzene rings is 1. The summed E-state index contributed by atoms with van der Waals surface area (Å²) in [6.45, 7) is 6.13. The lowest BCUT2D eigenvalue weighted by Crippen LogP contribution is -2.12. The molecule has 0 aliphatic carbocycles. The molecule has 1 N–H and O–H groups in total. The molecule has 0 aliphatic heterocycles. The highest BCUT2D eigenvalue weighted by molar-refractivity contribution is 7.07. The first-order valence-electron chi connectivity index (χ1n) is 5.72. The fourth-order valence-corrected chi connectivity index (χ4v) is 1.92. The van der Waals surface area contributed by atoms with Crippen LogP contribution in [-0.2, 0) is 0 Å². The Balaban J connectivity index is 2.02. The molecule has 1 heterocycles. The first-order valence-corrected chi connectivity index (χ1v) is 6.66. The summed E-state index contributed by atoms with van der Waals surface area (Å²) in [6.07, 6.45) is 0. The maximum Gasteiger partial charge on any atom is 0.275 e. The fourth-order valence-electron chi connectivity index (χ4n) is 1.39. The number of nitrogens with one attached hydrogen (secondary N) is 1. The summed E-state index contributed by atoms with van der Waals surface area (Å²) in [5.74, 6) is 0.470. The summed E-state index contributed by atoms with van der Waals surface area (Å²) >= 11 is 1.39. The van der Waals surface area contributed by atoms with Crippen molar-refractivity contribution in [2.45, 2.75) is 6.92 Å². The average Bonchev–Trinajstić information content (AvgIpc) is 2.91. The van der Waals surface area contributed by atoms with E-state index < -0.39 is 0 Å². The van der Waals surface area contributed by atoms with Crippen molar-refractivity contribution in [3.8, 4) is 5.75 Å². The number of ether oxygens (including phenoxy) is 1. The van der Waals surface area contributed by atoms with Crippen molar-refractivity contribution in [1.29, 1.82) is 0 Å². The molecule has 0 radical (unpaired) electrons. The van der Waals surface area contributed by atoms with Gasteiger partial charge in [0.2, 0.25) is 0 Å². The largest absolute Gasteiger partial charge is 0.489 e. The van der Waals surface area contributed by atoms with Gasteiger partial charge in [0.1, 0.15) is 18.1 Å². The van der Waals surface area contributed by atoms with Crippen LogP contribution in [0, 0.1) is 0 Å². The monoisotopic (exact) mass is 274 g/mol. The number of carbonyl (C=O) groups excluding carboxylic acids is 1. The van der Waals surface area contributed by atoms with Gasteiger partial charge in [-0.2, -0.15) is 0 Å². The molecule has 19 heavy (non-hydrogen) atoms. The van der Waals surface area contributed by atoms with E-state index in [1.54, 1.807) is 23.0 Å². The summed E-state index contributed by atoms with van der Waals surface area (Å²) in [6, 6.07) is 7.23. The number of carbonyl (C=O) groups is 1. The zero-order valence-electron chi connectivity index (χ0n) is 10.6. The molecular formula is C14H14N2O2S. The predicted molar refractivity (Wildman–Crippen MR) is 76.8 cm³/mol. The molecule has 0 spiro atoms. The average molecular weight is 274 g/mol. The molecule has 1 amide bonds. The van der Waals surface area contributed by atoms with Crippen LogP contribution in [0.3, 0.4) is 0 Å². The van der Waals surface area contributed by atoms with E-state index in [4.69, 9.17) is 4.74 Å². The second kappa shape index (κ2) is 6.15. The molecule has 1 aromatic carbocycles. The van der Waals surface area contributed by atoms with Crippen LogP contribution in [0.25, 0.3) is 0 Å². The van der Waals surface area contributed by atoms with E-state index >= 15 is 0 Å². The Morgan fingerprint density at radius 2 is 2.37 bits per heavy atom. The molecule has 0 saturated heterocycles. The maximum absolute atomic E-state index is 11.8. The van der Waals surface area contributed by atoms with Crippen LogP contribution in [0.4, 0.5) is 5.69 Å². The number of thiazole rings is 1. The summed E-state index contributed by atoms with van der Waals surface area (Å²) in [5, 5.41) is 4.48. The Hall–Kier alpha value is -2.14. The molecule has 1 aromatic heterocycles. The van der Waals surface area contributed by atoms with Crippen LogP contribution in [0.2, 0.25) is 0 Å². The first kappa shape index (κ1) is 13.3. The van der Waals surface area contributed by atoms with Gasteiger partial charge < -0.3 is 10.1 Å². The third kappa shape index (κ3) is 3.93. The second-order valence-corrected chi connectivity index (χ2v) is 4.82. The van der Waals surface area contributed by atoms with Gasteiger partial charge in [-0.25, -0.2) is 4.98 Å². The van der Waals surface area contributed by atoms with Crippen molar-refractivity contribution < 1.29 is 9.53 Å². The summed E-state index contributed by atoms with van der Waals surface area (Å²) in [7, 11) is 0. The molecule has 4 nitrogen and oxygen atoms in total. The van der Waals surface area contributed by atoms with Gasteiger partial charge in [0.25, 0.3) is 5.91 Å². The van der Waals surface area contributed by atoms with Gasteiger partial charge in [0, 0.05) is 17.1 Å². The SMILES string of the molecule is C=C(C)COc1cccc(NC(=O)c2cscn2)c1. The Morgan fingerprint density at radius 3 is 3.05 bits per heavy atom. The van der Waals surface area contributed by atoms with Crippen LogP contribution in [0.15, 0.2) is 47.3 Å². The van der Waals surface area contributed by atoms with Crippen LogP contribution in [0.5, 0.6) is 5.75 Å². The van der Waals surface area contributed by atoms with Gasteiger partial charge in [-0.15, -0.1) is 11.3 Å². The van der Waals surface area contributed by atoms with Crippen molar-refractivity contribution in [2.24, 2.45) is 0 Å². The van der Waals surface area contributed by atoms with Gasteiger partial charge in [0.05, 0.1) is 5.51 Å². The van der Waals surface area contributed by atoms with Crippen molar-refractivity contribution in [2.75, 3.05) is 11.9 Å². The minimum absolute atomic E-state index is 0.224. The Morgan fingerprint density at radius 1 is 1.53 bits per heavy atom. The third-order valence-corrected chi connectivity index (χ3v) is 2.83. The minimum Gasteiger partial charge on any atom is -0.489 e. The second-order valence-electron chi connectivity index (χ2n) is 4.10. The molecule has 5 heteroatoms. The molecule has 0 aliphatic rings. The highest BCUT2D eigenvalue weighted by Crippen LogP contribution is 2.18. The highest BCUT2D eigenvalue weighted by atomic mass is 32.1. The number of nitrogens with zero attached hydrogens (tertiary/aromatic N) is 1. The molecule has 98 valence electrons. The lowest BCUT2D eigenvalue weighted by Gasteiger charge is -2.08. The smallest absolute Gasteiger partial charge is 0.275 e. The van der Waals surface area contributed by atoms with Crippen LogP contribution in [0.1, 0.15) is 17.4 Å². The van der Waals surface area contributed by atoms with E-state index in [9.17, 15) is 4.79 Å². The Labute approximate surface area is 115 Å². The van der Waals surface area contributed by atoms with Crippen molar-refractivity contribution >= 4 is 22.9 Å². The summed E-state index contributed by atoms with van der Waals surface area (Å²) < 4.78 is 5.52. The maximum atomic E-state index is 11.8. The van der Waals surface area contributed by atoms with Gasteiger partial charge in [-0.3, -0.25) is 4.79 Å². The van der Waals surface area contributed by atoms with Crippen LogP contribution < -0.4 is 10.1 Å². The molecule has 2 rings (SSSR count). The predicted octanol–water partition coefficient (Wildman–Crippen LogP) is 3.35. The number of hydrogen-bond donors (Lipinski definition) is 1. The number of aromatic nitrogens is 1. The van der Waals surface area contributed by atoms with E-state index in [1.807, 2.05) is 19.1 Å². The van der Waals surface area contributed by atoms with Gasteiger partial charge in [0.15, 0.2) is 0 Å². The van der Waals surface area contributed by atoms with Gasteiger partial charge in [-0.1, -0.05) is 12.6 Å². The van der Waals surface area contributed by atoms with Crippen LogP contribution in [-0.4, -0.2) is 17.5 Å². The third-order valence-electron chi connectivity index (χ3n) is 2.24. The van der Waals surface area contributed by atoms with E-state index in [1.165, 1.54) is 11.3 Å². The minimum atomic E-state index is -0.224. The highest BCUT2D eigenvalue weighted by Gasteiger charge is 2.08. The topological polar surface area (TPSA) is 51.2 Å². The first-order chi connectivity index (χ1) is 9.15. The quantitative estimate of drug-likeness (QED) is 0.851. The van der Waals surface area contributed by atoms with Crippen molar-refractivity contribution in [3.05, 3.63) is 53.0 Å². The summed E-state index contributed by atoms with van der Waals surface area (Å²) in [4.78, 5) is 15.8. The molecule has 0 unspecified atom stereocenters. The molecule has 0 saturated carbocycles. The number of anilines is 1. The fraction of sp³-hybridized carbons (Fsp3) is 0.143. The molecule has 2 aromatic rings. The van der Waals surface area contributed by atoms with Gasteiger partial charge in [-0.05, 0) is 24.6 Å². The summed E-state index contributed by atoms with van der Waals surface area (Å²) in [5.41, 5.74) is 3.66. The molecular weight excluding hydrogens is 260 g/mol. The number of hydrogen-bond acceptors (Lipinski definition) is 4. The molecule has 0 atom stereocenters. The lowest BCUT2D eigenvalue weighted by atomic mass is 10.3. The molecule has 0 fully saturated rings. The van der Waals surface area contributed by atoms with Crippen molar-refractivity contribution in [1.82, 2.24) is 4.98 Å². The zero-order valence-corrected chi connectivity index (χ0v) is 11.4. The number of amides is 1. The van der Waals surface area contributed by atoms with E-state index in [-0.39, 0.29) is 5.91 Å². The standard InChI is InChI=1S/C14H14N2O2S/c1-10(2)7-18-12-5-3-4-11(6-12)16-14(17)13-8-19-9-15-13/h3-6,8-9H,1,7H2,2H3,(H,16,17). The normalized spacial score (nSPS) is 9.95. The van der Waals surface area contributed by atoms with E-state index in [0.29, 0.717) is 23.7 Å². The van der Waals surface area contributed by atoms with Crippen LogP contribution >= 0.6 is 11.3 Å².